The number of nitrogens with two attached hydrogens (primary N) is 1. The van der Waals surface area contributed by atoms with E-state index in [4.69, 9.17) is 19.5 Å². The molecule has 1 aliphatic rings. The lowest BCUT2D eigenvalue weighted by molar-refractivity contribution is 0.170. The Morgan fingerprint density at radius 3 is 2.75 bits per heavy atom. The molecule has 2 aromatic heterocycles. The number of imidazole rings is 1. The highest BCUT2D eigenvalue weighted by atomic mass is 31.2. The zero-order valence-electron chi connectivity index (χ0n) is 15.5. The molecular formula is C16H22N5O6P. The Bertz CT molecular complexity index is 1030. The number of nitrogen functional groups attached to an aromatic ring is 1. The van der Waals surface area contributed by atoms with Crippen LogP contribution in [0.4, 0.5) is 5.95 Å². The van der Waals surface area contributed by atoms with Gasteiger partial charge in [0.1, 0.15) is 5.76 Å². The van der Waals surface area contributed by atoms with Crippen LogP contribution in [0.2, 0.25) is 0 Å². The molecule has 11 nitrogen and oxygen atoms in total. The minimum atomic E-state index is -3.46. The van der Waals surface area contributed by atoms with E-state index >= 15 is 0 Å². The number of ether oxygens (including phenoxy) is 1. The minimum absolute atomic E-state index is 0.0501. The molecule has 1 aliphatic carbocycles. The molecular weight excluding hydrogens is 389 g/mol. The molecule has 0 amide bonds. The average Bonchev–Trinajstić information content (AvgIpc) is 3.15. The van der Waals surface area contributed by atoms with Crippen molar-refractivity contribution in [1.82, 2.24) is 19.5 Å². The van der Waals surface area contributed by atoms with Gasteiger partial charge in [-0.05, 0) is 13.8 Å². The number of aliphatic hydroxyl groups excluding tert-OH is 1. The van der Waals surface area contributed by atoms with Crippen LogP contribution in [0.1, 0.15) is 26.3 Å². The van der Waals surface area contributed by atoms with Crippen LogP contribution in [0.5, 0.6) is 0 Å². The number of fused-ring (bicyclic) bond motifs is 1. The highest BCUT2D eigenvalue weighted by molar-refractivity contribution is 7.53. The molecule has 1 atom stereocenters. The second-order valence-corrected chi connectivity index (χ2v) is 8.01. The smallest absolute Gasteiger partial charge is 0.367 e. The summed E-state index contributed by atoms with van der Waals surface area (Å²) in [4.78, 5) is 22.5. The number of nitrogens with one attached hydrogen (secondary N) is 1. The number of aromatic nitrogens is 4. The van der Waals surface area contributed by atoms with Crippen molar-refractivity contribution in [1.29, 1.82) is 0 Å². The van der Waals surface area contributed by atoms with Gasteiger partial charge < -0.3 is 29.2 Å². The normalized spacial score (nSPS) is 17.6. The lowest BCUT2D eigenvalue weighted by atomic mass is 10.1. The van der Waals surface area contributed by atoms with Crippen molar-refractivity contribution in [3.63, 3.8) is 0 Å². The summed E-state index contributed by atoms with van der Waals surface area (Å²) < 4.78 is 30.1. The predicted octanol–water partition coefficient (Wildman–Crippen LogP) is 2.21. The van der Waals surface area contributed by atoms with E-state index in [9.17, 15) is 14.5 Å². The molecule has 0 fully saturated rings. The van der Waals surface area contributed by atoms with Gasteiger partial charge in [0.25, 0.3) is 5.56 Å². The molecule has 2 heterocycles. The van der Waals surface area contributed by atoms with E-state index < -0.39 is 19.2 Å². The van der Waals surface area contributed by atoms with Gasteiger partial charge in [0.15, 0.2) is 23.3 Å². The second-order valence-electron chi connectivity index (χ2n) is 6.02. The summed E-state index contributed by atoms with van der Waals surface area (Å²) in [6, 6.07) is -0.493. The number of aromatic amines is 1. The van der Waals surface area contributed by atoms with Crippen LogP contribution < -0.4 is 11.3 Å². The van der Waals surface area contributed by atoms with Gasteiger partial charge in [-0.2, -0.15) is 4.98 Å². The Hall–Kier alpha value is -2.62. The van der Waals surface area contributed by atoms with Gasteiger partial charge in [-0.1, -0.05) is 6.58 Å². The largest absolute Gasteiger partial charge is 0.508 e. The predicted molar refractivity (Wildman–Crippen MR) is 102 cm³/mol. The first-order valence-electron chi connectivity index (χ1n) is 8.64. The maximum Gasteiger partial charge on any atom is 0.367 e. The van der Waals surface area contributed by atoms with Crippen LogP contribution >= 0.6 is 7.60 Å². The Morgan fingerprint density at radius 2 is 2.11 bits per heavy atom. The number of aliphatic hydroxyl groups is 1. The number of anilines is 1. The highest BCUT2D eigenvalue weighted by Gasteiger charge is 2.35. The number of rotatable bonds is 8. The van der Waals surface area contributed by atoms with Gasteiger partial charge in [0.05, 0.1) is 25.6 Å². The first kappa shape index (κ1) is 20.1. The number of hydrogen-bond donors (Lipinski definition) is 3. The molecule has 0 aromatic carbocycles. The zero-order valence-corrected chi connectivity index (χ0v) is 16.4. The lowest BCUT2D eigenvalue weighted by Gasteiger charge is -2.19. The molecule has 12 heteroatoms. The highest BCUT2D eigenvalue weighted by Crippen LogP contribution is 2.50. The standard InChI is InChI=1S/C16H22N5O6P/c1-4-26-28(24,27-5-2)8-25-13-9(3)10(6-11(13)22)21-7-18-12-14(21)19-16(17)20-15(12)23/h7,10,22H,3-6,8H2,1-2H3,(H3,17,19,20,23)/t10-/m0/s1. The fourth-order valence-corrected chi connectivity index (χ4v) is 4.30. The van der Waals surface area contributed by atoms with E-state index in [1.165, 1.54) is 6.33 Å². The quantitative estimate of drug-likeness (QED) is 0.554. The topological polar surface area (TPSA) is 155 Å². The Labute approximate surface area is 160 Å². The lowest BCUT2D eigenvalue weighted by Crippen LogP contribution is -2.14. The van der Waals surface area contributed by atoms with Crippen molar-refractivity contribution in [2.75, 3.05) is 25.3 Å². The molecule has 0 saturated carbocycles. The van der Waals surface area contributed by atoms with Crippen LogP contribution in [0.15, 0.2) is 34.8 Å². The van der Waals surface area contributed by atoms with E-state index in [-0.39, 0.29) is 54.6 Å². The third-order valence-electron chi connectivity index (χ3n) is 4.15. The van der Waals surface area contributed by atoms with Gasteiger partial charge in [0.2, 0.25) is 5.95 Å². The van der Waals surface area contributed by atoms with E-state index in [0.29, 0.717) is 5.57 Å². The molecule has 0 saturated heterocycles. The third-order valence-corrected chi connectivity index (χ3v) is 5.90. The maximum absolute atomic E-state index is 12.6. The van der Waals surface area contributed by atoms with E-state index in [0.717, 1.165) is 0 Å². The fraction of sp³-hybridized carbons (Fsp3) is 0.438. The van der Waals surface area contributed by atoms with Crippen molar-refractivity contribution in [3.05, 3.63) is 40.4 Å². The number of allylic oxidation sites excluding steroid dienone is 2. The Balaban J connectivity index is 1.84. The van der Waals surface area contributed by atoms with E-state index in [1.807, 2.05) is 0 Å². The summed E-state index contributed by atoms with van der Waals surface area (Å²) in [5.74, 6) is -0.0237. The molecule has 2 aromatic rings. The number of nitrogens with zero attached hydrogens (tertiary/aromatic N) is 3. The van der Waals surface area contributed by atoms with Gasteiger partial charge >= 0.3 is 7.60 Å². The van der Waals surface area contributed by atoms with Gasteiger partial charge in [-0.15, -0.1) is 0 Å². The monoisotopic (exact) mass is 411 g/mol. The van der Waals surface area contributed by atoms with E-state index in [2.05, 4.69) is 21.5 Å². The summed E-state index contributed by atoms with van der Waals surface area (Å²) >= 11 is 0. The molecule has 0 radical (unpaired) electrons. The molecule has 0 unspecified atom stereocenters. The molecule has 0 spiro atoms. The van der Waals surface area contributed by atoms with Gasteiger partial charge in [-0.3, -0.25) is 14.3 Å². The fourth-order valence-electron chi connectivity index (χ4n) is 3.00. The summed E-state index contributed by atoms with van der Waals surface area (Å²) in [6.45, 7) is 7.73. The third kappa shape index (κ3) is 3.68. The molecule has 0 bridgehead atoms. The van der Waals surface area contributed by atoms with Crippen molar-refractivity contribution in [3.8, 4) is 0 Å². The number of hydrogen-bond acceptors (Lipinski definition) is 9. The zero-order chi connectivity index (χ0) is 20.5. The molecule has 3 rings (SSSR count). The van der Waals surface area contributed by atoms with Crippen molar-refractivity contribution >= 4 is 24.7 Å². The van der Waals surface area contributed by atoms with E-state index in [1.54, 1.807) is 18.4 Å². The first-order valence-corrected chi connectivity index (χ1v) is 10.4. The summed E-state index contributed by atoms with van der Waals surface area (Å²) in [5.41, 5.74) is 5.95. The van der Waals surface area contributed by atoms with Crippen LogP contribution in [0.3, 0.4) is 0 Å². The molecule has 0 aliphatic heterocycles. The number of H-pyrrole nitrogens is 1. The van der Waals surface area contributed by atoms with Crippen molar-refractivity contribution < 1.29 is 23.5 Å². The SMILES string of the molecule is C=C1C(OCP(=O)(OCC)OCC)=C(O)C[C@@H]1n1cnc2c(=O)[nH]c(N)nc21. The minimum Gasteiger partial charge on any atom is -0.508 e. The van der Waals surface area contributed by atoms with Crippen LogP contribution in [-0.4, -0.2) is 44.2 Å². The first-order chi connectivity index (χ1) is 13.3. The maximum atomic E-state index is 12.6. The van der Waals surface area contributed by atoms with Crippen LogP contribution in [0, 0.1) is 0 Å². The molecule has 28 heavy (non-hydrogen) atoms. The molecule has 4 N–H and O–H groups in total. The second kappa shape index (κ2) is 7.78. The van der Waals surface area contributed by atoms with Gasteiger partial charge in [0, 0.05) is 12.0 Å². The summed E-state index contributed by atoms with van der Waals surface area (Å²) in [7, 11) is -3.46. The van der Waals surface area contributed by atoms with Crippen molar-refractivity contribution in [2.24, 2.45) is 0 Å². The average molecular weight is 411 g/mol. The summed E-state index contributed by atoms with van der Waals surface area (Å²) in [5, 5.41) is 10.3. The summed E-state index contributed by atoms with van der Waals surface area (Å²) in [6.07, 6.45) is 1.20. The van der Waals surface area contributed by atoms with Crippen LogP contribution in [-0.2, 0) is 18.3 Å². The van der Waals surface area contributed by atoms with Crippen molar-refractivity contribution in [2.45, 2.75) is 26.3 Å². The van der Waals surface area contributed by atoms with Gasteiger partial charge in [-0.25, -0.2) is 4.98 Å². The van der Waals surface area contributed by atoms with Crippen LogP contribution in [0.25, 0.3) is 11.2 Å². The Kier molecular flexibility index (Phi) is 5.59. The Morgan fingerprint density at radius 1 is 1.43 bits per heavy atom. The molecule has 152 valence electrons.